The van der Waals surface area contributed by atoms with E-state index >= 15 is 0 Å². The number of para-hydroxylation sites is 3. The van der Waals surface area contributed by atoms with E-state index < -0.39 is 0 Å². The molecule has 0 spiro atoms. The summed E-state index contributed by atoms with van der Waals surface area (Å²) in [6.45, 7) is 39.9. The van der Waals surface area contributed by atoms with Crippen LogP contribution in [-0.4, -0.2) is 20.4 Å². The molecular formula is C79H80BN4O+. The van der Waals surface area contributed by atoms with Gasteiger partial charge in [-0.05, 0) is 169 Å². The Hall–Kier alpha value is -8.09. The molecule has 0 fully saturated rings. The highest BCUT2D eigenvalue weighted by Crippen LogP contribution is 2.47. The summed E-state index contributed by atoms with van der Waals surface area (Å²) in [7, 11) is 2.23. The molecule has 0 saturated heterocycles. The lowest BCUT2D eigenvalue weighted by Gasteiger charge is -2.36. The van der Waals surface area contributed by atoms with Crippen LogP contribution < -0.4 is 21.0 Å². The van der Waals surface area contributed by atoms with Gasteiger partial charge in [0, 0.05) is 65.9 Å². The Bertz CT molecular complexity index is 4870. The summed E-state index contributed by atoms with van der Waals surface area (Å²) in [4.78, 5) is 0. The fourth-order valence-corrected chi connectivity index (χ4v) is 15.0. The lowest BCUT2D eigenvalue weighted by molar-refractivity contribution is -0.633. The number of benzene rings is 9. The second kappa shape index (κ2) is 17.8. The molecule has 0 amide bonds. The van der Waals surface area contributed by atoms with Gasteiger partial charge in [-0.15, -0.1) is 0 Å². The molecule has 6 heterocycles. The standard InChI is InChI=1S/C79H80BN4O/c1-43(2)52-22-21-23-53(44(3)4)71(52)84-65-25-20-19-24-64(65)81(18)75(84)69-45(5)26-30-55-54-31-27-46(36-68(54)85-74(55)69)47-34-66-70-67(35-47)83-63-33-29-49(77(9,10)11)38-57(63)59-40-51(79(15,16)17)42-61(73(59)83)80(70)60-41-50(78(12,13)14)39-58-56-37-48(76(6,7)8)28-32-62(56)82(66)72(58)60/h19-44H,1-18H3/q+1. The summed E-state index contributed by atoms with van der Waals surface area (Å²) in [5, 5.41) is 7.53. The monoisotopic (exact) mass is 1110 g/mol. The van der Waals surface area contributed by atoms with Crippen LogP contribution in [0, 0.1) is 6.92 Å². The molecule has 85 heavy (non-hydrogen) atoms. The van der Waals surface area contributed by atoms with E-state index in [4.69, 9.17) is 4.42 Å². The van der Waals surface area contributed by atoms with Gasteiger partial charge in [-0.3, -0.25) is 0 Å². The van der Waals surface area contributed by atoms with Gasteiger partial charge in [0.2, 0.25) is 0 Å². The van der Waals surface area contributed by atoms with E-state index in [1.165, 1.54) is 127 Å². The van der Waals surface area contributed by atoms with Crippen molar-refractivity contribution in [3.05, 3.63) is 185 Å². The second-order valence-corrected chi connectivity index (χ2v) is 30.2. The van der Waals surface area contributed by atoms with Crippen LogP contribution in [-0.2, 0) is 28.7 Å². The van der Waals surface area contributed by atoms with Gasteiger partial charge in [0.25, 0.3) is 12.5 Å². The van der Waals surface area contributed by atoms with E-state index in [1.54, 1.807) is 0 Å². The molecule has 4 aromatic heterocycles. The highest BCUT2D eigenvalue weighted by molar-refractivity contribution is 7.00. The molecule has 15 rings (SSSR count). The predicted octanol–water partition coefficient (Wildman–Crippen LogP) is 18.8. The van der Waals surface area contributed by atoms with Crippen molar-refractivity contribution in [2.75, 3.05) is 0 Å². The first-order valence-corrected chi connectivity index (χ1v) is 31.2. The SMILES string of the molecule is Cc1ccc2c(oc3cc(-c4cc5c6c(c4)-n4c7ccc(C(C)(C)C)cc7c7cc(C(C)(C)C)cc(c74)B6c4cc(C(C)(C)C)cc6c7cc(C(C)(C)C)ccc7n-5c46)ccc32)c1-c1n(-c2c(C(C)C)cccc2C(C)C)c2ccccc2[n+]1C. The molecule has 0 atom stereocenters. The highest BCUT2D eigenvalue weighted by atomic mass is 16.3. The van der Waals surface area contributed by atoms with Crippen molar-refractivity contribution in [3.63, 3.8) is 0 Å². The van der Waals surface area contributed by atoms with Crippen molar-refractivity contribution in [2.45, 2.75) is 151 Å². The smallest absolute Gasteiger partial charge is 0.299 e. The topological polar surface area (TPSA) is 31.8 Å². The van der Waals surface area contributed by atoms with Crippen molar-refractivity contribution < 1.29 is 8.98 Å². The summed E-state index contributed by atoms with van der Waals surface area (Å²) < 4.78 is 17.7. The number of imidazole rings is 1. The normalized spacial score (nSPS) is 13.7. The van der Waals surface area contributed by atoms with Crippen molar-refractivity contribution in [3.8, 4) is 39.6 Å². The molecule has 5 nitrogen and oxygen atoms in total. The van der Waals surface area contributed by atoms with Crippen LogP contribution in [0.1, 0.15) is 162 Å². The quantitative estimate of drug-likeness (QED) is 0.125. The molecule has 424 valence electrons. The highest BCUT2D eigenvalue weighted by Gasteiger charge is 2.43. The minimum Gasteiger partial charge on any atom is -0.455 e. The number of rotatable bonds is 5. The third-order valence-electron chi connectivity index (χ3n) is 19.8. The first kappa shape index (κ1) is 53.6. The van der Waals surface area contributed by atoms with Crippen molar-refractivity contribution in [1.82, 2.24) is 13.7 Å². The Morgan fingerprint density at radius 3 is 1.47 bits per heavy atom. The van der Waals surface area contributed by atoms with E-state index in [-0.39, 0.29) is 28.4 Å². The molecule has 0 saturated carbocycles. The molecule has 0 aliphatic carbocycles. The van der Waals surface area contributed by atoms with Crippen LogP contribution in [0.5, 0.6) is 0 Å². The van der Waals surface area contributed by atoms with E-state index in [9.17, 15) is 0 Å². The number of hydrogen-bond donors (Lipinski definition) is 0. The minimum atomic E-state index is -0.0788. The van der Waals surface area contributed by atoms with E-state index in [2.05, 4.69) is 289 Å². The fraction of sp³-hybridized carbons (Fsp3) is 0.304. The van der Waals surface area contributed by atoms with Crippen molar-refractivity contribution in [2.24, 2.45) is 7.05 Å². The molecule has 6 heteroatoms. The van der Waals surface area contributed by atoms with Crippen molar-refractivity contribution in [1.29, 1.82) is 0 Å². The number of aromatic nitrogens is 4. The zero-order valence-corrected chi connectivity index (χ0v) is 53.3. The second-order valence-electron chi connectivity index (χ2n) is 30.2. The van der Waals surface area contributed by atoms with E-state index in [0.717, 1.165) is 44.5 Å². The Labute approximate surface area is 502 Å². The third kappa shape index (κ3) is 7.65. The summed E-state index contributed by atoms with van der Waals surface area (Å²) in [5.41, 5.74) is 29.7. The van der Waals surface area contributed by atoms with Crippen molar-refractivity contribution >= 4 is 99.7 Å². The summed E-state index contributed by atoms with van der Waals surface area (Å²) in [6.07, 6.45) is 0. The Morgan fingerprint density at radius 2 is 0.953 bits per heavy atom. The van der Waals surface area contributed by atoms with E-state index in [1.807, 2.05) is 0 Å². The van der Waals surface area contributed by atoms with Gasteiger partial charge < -0.3 is 13.6 Å². The van der Waals surface area contributed by atoms with Gasteiger partial charge in [0.05, 0.1) is 18.1 Å². The molecule has 0 unspecified atom stereocenters. The van der Waals surface area contributed by atoms with Crippen LogP contribution >= 0.6 is 0 Å². The Kier molecular flexibility index (Phi) is 11.2. The average Bonchev–Trinajstić information content (AvgIpc) is 1.63. The lowest BCUT2D eigenvalue weighted by Crippen LogP contribution is -2.59. The molecule has 0 bridgehead atoms. The third-order valence-corrected chi connectivity index (χ3v) is 19.8. The molecule has 0 radical (unpaired) electrons. The number of fused-ring (bicyclic) bond motifs is 14. The zero-order chi connectivity index (χ0) is 59.6. The average molecular weight is 1110 g/mol. The minimum absolute atomic E-state index is 0.00740. The largest absolute Gasteiger partial charge is 0.455 e. The summed E-state index contributed by atoms with van der Waals surface area (Å²) >= 11 is 0. The van der Waals surface area contributed by atoms with Gasteiger partial charge in [0.15, 0.2) is 16.6 Å². The molecule has 13 aromatic rings. The van der Waals surface area contributed by atoms with Gasteiger partial charge in [0.1, 0.15) is 16.8 Å². The first-order chi connectivity index (χ1) is 40.2. The van der Waals surface area contributed by atoms with Gasteiger partial charge in [-0.2, -0.15) is 4.57 Å². The number of hydrogen-bond acceptors (Lipinski definition) is 1. The number of furan rings is 1. The van der Waals surface area contributed by atoms with Gasteiger partial charge in [-0.1, -0.05) is 184 Å². The zero-order valence-electron chi connectivity index (χ0n) is 53.3. The molecular weight excluding hydrogens is 1030 g/mol. The van der Waals surface area contributed by atoms with Crippen LogP contribution in [0.3, 0.4) is 0 Å². The molecule has 2 aliphatic heterocycles. The first-order valence-electron chi connectivity index (χ1n) is 31.2. The van der Waals surface area contributed by atoms with Crippen LogP contribution in [0.4, 0.5) is 0 Å². The molecule has 9 aromatic carbocycles. The maximum atomic E-state index is 7.47. The predicted molar refractivity (Wildman–Crippen MR) is 364 cm³/mol. The fourth-order valence-electron chi connectivity index (χ4n) is 15.0. The maximum absolute atomic E-state index is 7.47. The molecule has 2 aliphatic rings. The van der Waals surface area contributed by atoms with Crippen LogP contribution in [0.2, 0.25) is 0 Å². The Morgan fingerprint density at radius 1 is 0.447 bits per heavy atom. The number of nitrogens with zero attached hydrogens (tertiary/aromatic N) is 4. The van der Waals surface area contributed by atoms with Crippen LogP contribution in [0.15, 0.2) is 150 Å². The summed E-state index contributed by atoms with van der Waals surface area (Å²) in [6, 6.07) is 57.3. The van der Waals surface area contributed by atoms with Gasteiger partial charge >= 0.3 is 0 Å². The maximum Gasteiger partial charge on any atom is 0.299 e. The Balaban J connectivity index is 1.04. The van der Waals surface area contributed by atoms with E-state index in [0.29, 0.717) is 11.8 Å². The molecule has 0 N–H and O–H groups in total. The summed E-state index contributed by atoms with van der Waals surface area (Å²) in [5.74, 6) is 1.75. The number of aryl methyl sites for hydroxylation is 2. The van der Waals surface area contributed by atoms with Gasteiger partial charge in [-0.25, -0.2) is 4.57 Å². The lowest BCUT2D eigenvalue weighted by atomic mass is 9.34. The van der Waals surface area contributed by atoms with Crippen LogP contribution in [0.25, 0.3) is 116 Å².